The molecule has 0 radical (unpaired) electrons. The number of aromatic nitrogens is 5. The van der Waals surface area contributed by atoms with Crippen LogP contribution >= 0.6 is 0 Å². The highest BCUT2D eigenvalue weighted by Crippen LogP contribution is 2.38. The van der Waals surface area contributed by atoms with Gasteiger partial charge < -0.3 is 4.42 Å². The third kappa shape index (κ3) is 4.80. The summed E-state index contributed by atoms with van der Waals surface area (Å²) in [6.07, 6.45) is 0. The van der Waals surface area contributed by atoms with Crippen molar-refractivity contribution in [3.63, 3.8) is 0 Å². The molecule has 0 N–H and O–H groups in total. The Morgan fingerprint density at radius 3 is 1.62 bits per heavy atom. The first kappa shape index (κ1) is 26.8. The number of fused-ring (bicyclic) bond motifs is 5. The van der Waals surface area contributed by atoms with E-state index in [1.165, 1.54) is 0 Å². The fourth-order valence-electron chi connectivity index (χ4n) is 6.10. The van der Waals surface area contributed by atoms with E-state index in [4.69, 9.17) is 29.3 Å². The van der Waals surface area contributed by atoms with Crippen molar-refractivity contribution in [2.75, 3.05) is 0 Å². The first-order valence-corrected chi connectivity index (χ1v) is 15.4. The van der Waals surface area contributed by atoms with Gasteiger partial charge in [0.15, 0.2) is 23.1 Å². The predicted octanol–water partition coefficient (Wildman–Crippen LogP) is 10.0. The smallest absolute Gasteiger partial charge is 0.227 e. The topological polar surface area (TPSA) is 77.6 Å². The number of para-hydroxylation sites is 1. The van der Waals surface area contributed by atoms with E-state index in [0.29, 0.717) is 28.9 Å². The summed E-state index contributed by atoms with van der Waals surface area (Å²) < 4.78 is 6.45. The summed E-state index contributed by atoms with van der Waals surface area (Å²) in [6.45, 7) is 0. The van der Waals surface area contributed by atoms with Crippen molar-refractivity contribution in [1.29, 1.82) is 0 Å². The van der Waals surface area contributed by atoms with E-state index in [0.717, 1.165) is 60.7 Å². The van der Waals surface area contributed by atoms with Crippen molar-refractivity contribution in [1.82, 2.24) is 24.9 Å². The van der Waals surface area contributed by atoms with E-state index in [9.17, 15) is 0 Å². The Morgan fingerprint density at radius 1 is 0.383 bits per heavy atom. The monoisotopic (exact) mass is 603 g/mol. The minimum atomic E-state index is 0.525. The molecule has 0 aliphatic rings. The SMILES string of the molecule is c1ccc(-c2nc(-c3ccccc3)nc(-c3cccc(-c4nc5c(ccc6c(-c7ccccc7)nc7ccccc7c65)o4)c3)n2)cc1. The molecule has 0 atom stereocenters. The fraction of sp³-hybridized carbons (Fsp3) is 0. The van der Waals surface area contributed by atoms with Gasteiger partial charge in [-0.05, 0) is 30.3 Å². The number of hydrogen-bond donors (Lipinski definition) is 0. The van der Waals surface area contributed by atoms with Gasteiger partial charge in [-0.15, -0.1) is 0 Å². The largest absolute Gasteiger partial charge is 0.436 e. The highest BCUT2D eigenvalue weighted by molar-refractivity contribution is 6.20. The Kier molecular flexibility index (Phi) is 6.35. The minimum absolute atomic E-state index is 0.525. The van der Waals surface area contributed by atoms with Crippen LogP contribution in [-0.4, -0.2) is 24.9 Å². The summed E-state index contributed by atoms with van der Waals surface area (Å²) in [6, 6.07) is 50.5. The van der Waals surface area contributed by atoms with E-state index in [2.05, 4.69) is 24.3 Å². The van der Waals surface area contributed by atoms with Crippen molar-refractivity contribution in [2.45, 2.75) is 0 Å². The van der Waals surface area contributed by atoms with Crippen LogP contribution in [0.2, 0.25) is 0 Å². The van der Waals surface area contributed by atoms with Gasteiger partial charge in [0.2, 0.25) is 5.89 Å². The average molecular weight is 604 g/mol. The Hall–Kier alpha value is -6.53. The van der Waals surface area contributed by atoms with Crippen molar-refractivity contribution in [3.8, 4) is 56.9 Å². The molecule has 3 aromatic heterocycles. The van der Waals surface area contributed by atoms with Crippen molar-refractivity contribution in [3.05, 3.63) is 152 Å². The molecule has 0 bridgehead atoms. The maximum atomic E-state index is 6.45. The zero-order valence-electron chi connectivity index (χ0n) is 25.1. The molecule has 0 aliphatic heterocycles. The number of benzene rings is 6. The predicted molar refractivity (Wildman–Crippen MR) is 187 cm³/mol. The van der Waals surface area contributed by atoms with Gasteiger partial charge in [-0.25, -0.2) is 24.9 Å². The van der Waals surface area contributed by atoms with Crippen LogP contribution in [0.1, 0.15) is 0 Å². The molecule has 0 fully saturated rings. The Balaban J connectivity index is 1.21. The average Bonchev–Trinajstić information content (AvgIpc) is 3.60. The first-order chi connectivity index (χ1) is 23.3. The zero-order chi connectivity index (χ0) is 31.2. The third-order valence-electron chi connectivity index (χ3n) is 8.34. The van der Waals surface area contributed by atoms with E-state index in [1.54, 1.807) is 0 Å². The van der Waals surface area contributed by atoms with Crippen LogP contribution in [-0.2, 0) is 0 Å². The molecular formula is C41H25N5O. The van der Waals surface area contributed by atoms with Crippen LogP contribution < -0.4 is 0 Å². The van der Waals surface area contributed by atoms with Gasteiger partial charge in [0.05, 0.1) is 11.2 Å². The normalized spacial score (nSPS) is 11.4. The minimum Gasteiger partial charge on any atom is -0.436 e. The highest BCUT2D eigenvalue weighted by Gasteiger charge is 2.18. The molecule has 3 heterocycles. The standard InChI is InChI=1S/C41H25N5O/c1-4-13-26(14-5-1)36-32-23-24-34-37(35(32)31-21-10-11-22-33(31)42-36)43-41(47-34)30-20-12-19-29(25-30)40-45-38(27-15-6-2-7-16-27)44-39(46-40)28-17-8-3-9-18-28/h1-25H. The van der Waals surface area contributed by atoms with Crippen LogP contribution in [0.5, 0.6) is 0 Å². The number of hydrogen-bond acceptors (Lipinski definition) is 6. The molecule has 0 unspecified atom stereocenters. The molecule has 0 amide bonds. The van der Waals surface area contributed by atoms with E-state index >= 15 is 0 Å². The number of oxazole rings is 1. The van der Waals surface area contributed by atoms with E-state index in [1.807, 2.05) is 127 Å². The van der Waals surface area contributed by atoms with E-state index in [-0.39, 0.29) is 0 Å². The van der Waals surface area contributed by atoms with Gasteiger partial charge >= 0.3 is 0 Å². The summed E-state index contributed by atoms with van der Waals surface area (Å²) in [5.74, 6) is 2.33. The maximum Gasteiger partial charge on any atom is 0.227 e. The second-order valence-corrected chi connectivity index (χ2v) is 11.3. The lowest BCUT2D eigenvalue weighted by Crippen LogP contribution is -2.00. The third-order valence-corrected chi connectivity index (χ3v) is 8.34. The molecule has 0 saturated carbocycles. The van der Waals surface area contributed by atoms with Crippen molar-refractivity contribution < 1.29 is 4.42 Å². The highest BCUT2D eigenvalue weighted by atomic mass is 16.3. The molecule has 0 saturated heterocycles. The molecule has 0 aliphatic carbocycles. The van der Waals surface area contributed by atoms with Crippen LogP contribution in [0.25, 0.3) is 89.7 Å². The zero-order valence-corrected chi connectivity index (χ0v) is 25.1. The van der Waals surface area contributed by atoms with Crippen LogP contribution in [0.15, 0.2) is 156 Å². The lowest BCUT2D eigenvalue weighted by atomic mass is 9.99. The van der Waals surface area contributed by atoms with Gasteiger partial charge in [-0.3, -0.25) is 0 Å². The second kappa shape index (κ2) is 11.1. The molecule has 47 heavy (non-hydrogen) atoms. The molecule has 6 heteroatoms. The Bertz CT molecular complexity index is 2510. The van der Waals surface area contributed by atoms with Gasteiger partial charge in [-0.1, -0.05) is 121 Å². The van der Waals surface area contributed by atoms with Crippen LogP contribution in [0.3, 0.4) is 0 Å². The quantitative estimate of drug-likeness (QED) is 0.182. The fourth-order valence-corrected chi connectivity index (χ4v) is 6.10. The summed E-state index contributed by atoms with van der Waals surface area (Å²) in [4.78, 5) is 24.8. The molecular weight excluding hydrogens is 578 g/mol. The number of pyridine rings is 1. The number of rotatable bonds is 5. The lowest BCUT2D eigenvalue weighted by molar-refractivity contribution is 0.620. The maximum absolute atomic E-state index is 6.45. The summed E-state index contributed by atoms with van der Waals surface area (Å²) in [5, 5.41) is 3.09. The second-order valence-electron chi connectivity index (χ2n) is 11.3. The Morgan fingerprint density at radius 2 is 0.936 bits per heavy atom. The van der Waals surface area contributed by atoms with Crippen molar-refractivity contribution >= 4 is 32.8 Å². The molecule has 9 aromatic rings. The molecule has 0 spiro atoms. The lowest BCUT2D eigenvalue weighted by Gasteiger charge is -2.10. The molecule has 6 nitrogen and oxygen atoms in total. The van der Waals surface area contributed by atoms with Gasteiger partial charge in [0.1, 0.15) is 5.52 Å². The van der Waals surface area contributed by atoms with Gasteiger partial charge in [0, 0.05) is 44.0 Å². The Labute approximate surface area is 270 Å². The van der Waals surface area contributed by atoms with Gasteiger partial charge in [-0.2, -0.15) is 0 Å². The van der Waals surface area contributed by atoms with Crippen molar-refractivity contribution in [2.24, 2.45) is 0 Å². The summed E-state index contributed by atoms with van der Waals surface area (Å²) in [5.41, 5.74) is 7.92. The van der Waals surface area contributed by atoms with Crippen LogP contribution in [0.4, 0.5) is 0 Å². The number of nitrogens with zero attached hydrogens (tertiary/aromatic N) is 5. The van der Waals surface area contributed by atoms with Crippen LogP contribution in [0, 0.1) is 0 Å². The van der Waals surface area contributed by atoms with E-state index < -0.39 is 0 Å². The van der Waals surface area contributed by atoms with Gasteiger partial charge in [0.25, 0.3) is 0 Å². The first-order valence-electron chi connectivity index (χ1n) is 15.4. The molecule has 6 aromatic carbocycles. The summed E-state index contributed by atoms with van der Waals surface area (Å²) in [7, 11) is 0. The molecule has 9 rings (SSSR count). The summed E-state index contributed by atoms with van der Waals surface area (Å²) >= 11 is 0. The molecule has 220 valence electrons.